The lowest BCUT2D eigenvalue weighted by Crippen LogP contribution is -2.52. The normalized spacial score (nSPS) is 16.0. The first-order chi connectivity index (χ1) is 11.3. The standard InChI is InChI=1S/C16H14N2O5S/c1-11-6-2-3-7-12(11)18-16(21)17(10-15(19)20)13-8-4-5-9-14(13)24(18,22)23/h2-9H,10H2,1H3,(H,19,20). The molecule has 7 nitrogen and oxygen atoms in total. The predicted octanol–water partition coefficient (Wildman–Crippen LogP) is 2.21. The van der Waals surface area contributed by atoms with E-state index in [0.29, 0.717) is 9.87 Å². The van der Waals surface area contributed by atoms with Gasteiger partial charge in [-0.25, -0.2) is 13.2 Å². The molecule has 0 aromatic heterocycles. The van der Waals surface area contributed by atoms with Crippen LogP contribution in [0.3, 0.4) is 0 Å². The fourth-order valence-electron chi connectivity index (χ4n) is 2.62. The van der Waals surface area contributed by atoms with Gasteiger partial charge in [0.15, 0.2) is 0 Å². The highest BCUT2D eigenvalue weighted by Crippen LogP contribution is 2.37. The molecule has 2 aromatic carbocycles. The highest BCUT2D eigenvalue weighted by atomic mass is 32.2. The van der Waals surface area contributed by atoms with Gasteiger partial charge in [0.25, 0.3) is 10.0 Å². The number of hydrogen-bond acceptors (Lipinski definition) is 4. The number of carbonyl (C=O) groups is 2. The van der Waals surface area contributed by atoms with E-state index in [4.69, 9.17) is 5.11 Å². The summed E-state index contributed by atoms with van der Waals surface area (Å²) in [6, 6.07) is 11.5. The summed E-state index contributed by atoms with van der Waals surface area (Å²) >= 11 is 0. The first kappa shape index (κ1) is 16.0. The second-order valence-electron chi connectivity index (χ2n) is 5.29. The Kier molecular flexibility index (Phi) is 3.76. The Morgan fingerprint density at radius 2 is 1.62 bits per heavy atom. The summed E-state index contributed by atoms with van der Waals surface area (Å²) in [5.74, 6) is -1.23. The number of rotatable bonds is 3. The van der Waals surface area contributed by atoms with Crippen molar-refractivity contribution >= 4 is 33.4 Å². The summed E-state index contributed by atoms with van der Waals surface area (Å²) < 4.78 is 26.5. The Hall–Kier alpha value is -2.87. The summed E-state index contributed by atoms with van der Waals surface area (Å²) in [7, 11) is -4.13. The predicted molar refractivity (Wildman–Crippen MR) is 87.7 cm³/mol. The molecular weight excluding hydrogens is 332 g/mol. The maximum Gasteiger partial charge on any atom is 0.343 e. The van der Waals surface area contributed by atoms with Crippen molar-refractivity contribution in [2.45, 2.75) is 11.8 Å². The molecule has 1 N–H and O–H groups in total. The van der Waals surface area contributed by atoms with E-state index < -0.39 is 28.6 Å². The molecule has 8 heteroatoms. The van der Waals surface area contributed by atoms with Crippen LogP contribution in [0.5, 0.6) is 0 Å². The average molecular weight is 346 g/mol. The van der Waals surface area contributed by atoms with Gasteiger partial charge < -0.3 is 5.11 Å². The van der Waals surface area contributed by atoms with Crippen LogP contribution >= 0.6 is 0 Å². The van der Waals surface area contributed by atoms with Crippen molar-refractivity contribution in [2.24, 2.45) is 0 Å². The van der Waals surface area contributed by atoms with Crippen LogP contribution in [0.15, 0.2) is 53.4 Å². The van der Waals surface area contributed by atoms with Crippen molar-refractivity contribution in [1.29, 1.82) is 0 Å². The zero-order valence-corrected chi connectivity index (χ0v) is 13.5. The van der Waals surface area contributed by atoms with Crippen LogP contribution in [-0.2, 0) is 14.8 Å². The fourth-order valence-corrected chi connectivity index (χ4v) is 4.28. The van der Waals surface area contributed by atoms with E-state index in [9.17, 15) is 18.0 Å². The van der Waals surface area contributed by atoms with E-state index in [-0.39, 0.29) is 16.3 Å². The average Bonchev–Trinajstić information content (AvgIpc) is 2.53. The molecule has 0 saturated carbocycles. The zero-order chi connectivity index (χ0) is 17.5. The van der Waals surface area contributed by atoms with E-state index in [1.54, 1.807) is 31.2 Å². The van der Waals surface area contributed by atoms with E-state index in [0.717, 1.165) is 4.90 Å². The Bertz CT molecular complexity index is 939. The van der Waals surface area contributed by atoms with Gasteiger partial charge in [-0.05, 0) is 30.7 Å². The largest absolute Gasteiger partial charge is 0.480 e. The zero-order valence-electron chi connectivity index (χ0n) is 12.7. The van der Waals surface area contributed by atoms with Crippen molar-refractivity contribution in [3.05, 3.63) is 54.1 Å². The Balaban J connectivity index is 2.27. The molecule has 0 bridgehead atoms. The fraction of sp³-hybridized carbons (Fsp3) is 0.125. The van der Waals surface area contributed by atoms with Crippen LogP contribution in [0.4, 0.5) is 16.2 Å². The summed E-state index contributed by atoms with van der Waals surface area (Å²) in [6.07, 6.45) is 0. The number of carboxylic acids is 1. The van der Waals surface area contributed by atoms with Crippen molar-refractivity contribution in [2.75, 3.05) is 15.7 Å². The maximum absolute atomic E-state index is 12.9. The first-order valence-corrected chi connectivity index (χ1v) is 8.51. The summed E-state index contributed by atoms with van der Waals surface area (Å²) in [4.78, 5) is 24.8. The van der Waals surface area contributed by atoms with E-state index in [1.807, 2.05) is 0 Å². The van der Waals surface area contributed by atoms with Crippen LogP contribution in [0, 0.1) is 6.92 Å². The summed E-state index contributed by atoms with van der Waals surface area (Å²) in [6.45, 7) is 1.05. The maximum atomic E-state index is 12.9. The molecule has 3 rings (SSSR count). The number of carbonyl (C=O) groups excluding carboxylic acids is 1. The smallest absolute Gasteiger partial charge is 0.343 e. The molecule has 0 spiro atoms. The second kappa shape index (κ2) is 5.64. The molecule has 1 aliphatic rings. The van der Waals surface area contributed by atoms with Crippen LogP contribution in [0.25, 0.3) is 0 Å². The van der Waals surface area contributed by atoms with E-state index in [2.05, 4.69) is 0 Å². The molecule has 0 aliphatic carbocycles. The summed E-state index contributed by atoms with van der Waals surface area (Å²) in [5.41, 5.74) is 0.853. The molecule has 0 fully saturated rings. The minimum Gasteiger partial charge on any atom is -0.480 e. The van der Waals surface area contributed by atoms with Crippen LogP contribution in [-0.4, -0.2) is 32.1 Å². The Morgan fingerprint density at radius 3 is 2.25 bits per heavy atom. The highest BCUT2D eigenvalue weighted by Gasteiger charge is 2.43. The lowest BCUT2D eigenvalue weighted by atomic mass is 10.2. The second-order valence-corrected chi connectivity index (χ2v) is 7.04. The van der Waals surface area contributed by atoms with Crippen molar-refractivity contribution < 1.29 is 23.1 Å². The molecule has 124 valence electrons. The Labute approximate surface area is 138 Å². The SMILES string of the molecule is Cc1ccccc1N1C(=O)N(CC(=O)O)c2ccccc2S1(=O)=O. The van der Waals surface area contributed by atoms with Crippen LogP contribution in [0.2, 0.25) is 0 Å². The Morgan fingerprint density at radius 1 is 1.04 bits per heavy atom. The number of sulfonamides is 1. The topological polar surface area (TPSA) is 95.0 Å². The molecule has 2 amide bonds. The number of benzene rings is 2. The van der Waals surface area contributed by atoms with Crippen LogP contribution in [0.1, 0.15) is 5.56 Å². The summed E-state index contributed by atoms with van der Waals surface area (Å²) in [5, 5.41) is 9.09. The lowest BCUT2D eigenvalue weighted by molar-refractivity contribution is -0.135. The number of nitrogens with zero attached hydrogens (tertiary/aromatic N) is 2. The van der Waals surface area contributed by atoms with E-state index in [1.165, 1.54) is 24.3 Å². The van der Waals surface area contributed by atoms with Crippen LogP contribution < -0.4 is 9.21 Å². The highest BCUT2D eigenvalue weighted by molar-refractivity contribution is 7.94. The number of aliphatic carboxylic acids is 1. The quantitative estimate of drug-likeness (QED) is 0.919. The molecule has 1 aliphatic heterocycles. The molecule has 1 heterocycles. The minimum atomic E-state index is -4.13. The van der Waals surface area contributed by atoms with Gasteiger partial charge in [-0.1, -0.05) is 30.3 Å². The minimum absolute atomic E-state index is 0.0646. The van der Waals surface area contributed by atoms with Gasteiger partial charge in [-0.15, -0.1) is 0 Å². The third kappa shape index (κ3) is 2.41. The lowest BCUT2D eigenvalue weighted by Gasteiger charge is -2.35. The molecule has 0 unspecified atom stereocenters. The number of carboxylic acid groups (broad SMARTS) is 1. The number of para-hydroxylation sites is 2. The van der Waals surface area contributed by atoms with Gasteiger partial charge in [-0.3, -0.25) is 9.69 Å². The third-order valence-corrected chi connectivity index (χ3v) is 5.44. The number of anilines is 2. The van der Waals surface area contributed by atoms with Gasteiger partial charge >= 0.3 is 12.0 Å². The van der Waals surface area contributed by atoms with Crippen molar-refractivity contribution in [1.82, 2.24) is 0 Å². The monoisotopic (exact) mass is 346 g/mol. The molecule has 0 radical (unpaired) electrons. The van der Waals surface area contributed by atoms with Gasteiger partial charge in [0.05, 0.1) is 11.4 Å². The number of aryl methyl sites for hydroxylation is 1. The van der Waals surface area contributed by atoms with Gasteiger partial charge in [0, 0.05) is 0 Å². The van der Waals surface area contributed by atoms with Gasteiger partial charge in [-0.2, -0.15) is 4.31 Å². The number of hydrogen-bond donors (Lipinski definition) is 1. The van der Waals surface area contributed by atoms with E-state index >= 15 is 0 Å². The number of fused-ring (bicyclic) bond motifs is 1. The third-order valence-electron chi connectivity index (χ3n) is 3.71. The van der Waals surface area contributed by atoms with Crippen molar-refractivity contribution in [3.8, 4) is 0 Å². The molecular formula is C16H14N2O5S. The first-order valence-electron chi connectivity index (χ1n) is 7.07. The molecule has 2 aromatic rings. The molecule has 0 atom stereocenters. The number of urea groups is 1. The van der Waals surface area contributed by atoms with Crippen molar-refractivity contribution in [3.63, 3.8) is 0 Å². The van der Waals surface area contributed by atoms with Gasteiger partial charge in [0.2, 0.25) is 0 Å². The van der Waals surface area contributed by atoms with Gasteiger partial charge in [0.1, 0.15) is 11.4 Å². The molecule has 24 heavy (non-hydrogen) atoms. The molecule has 0 saturated heterocycles. The number of amides is 2.